The highest BCUT2D eigenvalue weighted by molar-refractivity contribution is 6.31. The number of amides is 1. The fourth-order valence-electron chi connectivity index (χ4n) is 1.95. The number of anilines is 1. The molecule has 0 bridgehead atoms. The Balaban J connectivity index is 2.01. The summed E-state index contributed by atoms with van der Waals surface area (Å²) in [7, 11) is 0. The number of carbonyl (C=O) groups is 2. The summed E-state index contributed by atoms with van der Waals surface area (Å²) in [6.45, 7) is 5.26. The molecular weight excluding hydrogens is 314 g/mol. The average Bonchev–Trinajstić information content (AvgIpc) is 2.52. The van der Waals surface area contributed by atoms with Crippen LogP contribution >= 0.6 is 11.6 Å². The summed E-state index contributed by atoms with van der Waals surface area (Å²) in [5, 5.41) is 3.28. The molecule has 0 aliphatic carbocycles. The number of hydrogen-bond acceptors (Lipinski definition) is 3. The average molecular weight is 332 g/mol. The molecule has 0 spiro atoms. The van der Waals surface area contributed by atoms with Gasteiger partial charge in [-0.2, -0.15) is 0 Å². The van der Waals surface area contributed by atoms with Crippen LogP contribution in [-0.2, 0) is 9.53 Å². The smallest absolute Gasteiger partial charge is 0.338 e. The zero-order chi connectivity index (χ0) is 17.0. The van der Waals surface area contributed by atoms with Gasteiger partial charge in [0.2, 0.25) is 0 Å². The molecule has 2 rings (SSSR count). The number of ether oxygens (including phenoxy) is 1. The van der Waals surface area contributed by atoms with Gasteiger partial charge >= 0.3 is 5.97 Å². The predicted octanol–water partition coefficient (Wildman–Crippen LogP) is 4.14. The van der Waals surface area contributed by atoms with Crippen molar-refractivity contribution in [1.82, 2.24) is 0 Å². The molecule has 0 aliphatic rings. The van der Waals surface area contributed by atoms with Crippen molar-refractivity contribution in [3.05, 3.63) is 64.2 Å². The zero-order valence-electron chi connectivity index (χ0n) is 13.2. The van der Waals surface area contributed by atoms with Crippen molar-refractivity contribution < 1.29 is 14.3 Å². The second kappa shape index (κ2) is 7.29. The summed E-state index contributed by atoms with van der Waals surface area (Å²) in [6, 6.07) is 12.2. The Kier molecular flexibility index (Phi) is 5.40. The highest BCUT2D eigenvalue weighted by atomic mass is 35.5. The summed E-state index contributed by atoms with van der Waals surface area (Å²) < 4.78 is 5.20. The van der Waals surface area contributed by atoms with E-state index in [1.807, 2.05) is 19.1 Å². The minimum absolute atomic E-state index is 0.407. The van der Waals surface area contributed by atoms with Gasteiger partial charge in [-0.05, 0) is 50.6 Å². The molecule has 0 heterocycles. The number of rotatable bonds is 4. The topological polar surface area (TPSA) is 55.4 Å². The molecule has 2 aromatic rings. The fraction of sp³-hybridized carbons (Fsp3) is 0.222. The van der Waals surface area contributed by atoms with Gasteiger partial charge in [-0.25, -0.2) is 4.79 Å². The monoisotopic (exact) mass is 331 g/mol. The van der Waals surface area contributed by atoms with E-state index in [9.17, 15) is 9.59 Å². The summed E-state index contributed by atoms with van der Waals surface area (Å²) in [5.41, 5.74) is 2.82. The first-order chi connectivity index (χ1) is 10.9. The number of benzene rings is 2. The van der Waals surface area contributed by atoms with E-state index in [1.54, 1.807) is 37.3 Å². The lowest BCUT2D eigenvalue weighted by atomic mass is 10.1. The van der Waals surface area contributed by atoms with E-state index in [0.717, 1.165) is 11.1 Å². The van der Waals surface area contributed by atoms with Gasteiger partial charge < -0.3 is 10.1 Å². The normalized spacial score (nSPS) is 11.7. The molecule has 5 heteroatoms. The van der Waals surface area contributed by atoms with Crippen molar-refractivity contribution in [3.63, 3.8) is 0 Å². The van der Waals surface area contributed by atoms with Crippen LogP contribution in [0, 0.1) is 13.8 Å². The molecule has 120 valence electrons. The van der Waals surface area contributed by atoms with Crippen molar-refractivity contribution >= 4 is 29.2 Å². The van der Waals surface area contributed by atoms with Gasteiger partial charge in [0, 0.05) is 10.7 Å². The van der Waals surface area contributed by atoms with E-state index >= 15 is 0 Å². The van der Waals surface area contributed by atoms with E-state index in [-0.39, 0.29) is 0 Å². The van der Waals surface area contributed by atoms with Crippen LogP contribution in [0.3, 0.4) is 0 Å². The van der Waals surface area contributed by atoms with Gasteiger partial charge in [-0.3, -0.25) is 4.79 Å². The Morgan fingerprint density at radius 1 is 1.09 bits per heavy atom. The number of hydrogen-bond donors (Lipinski definition) is 1. The fourth-order valence-corrected chi connectivity index (χ4v) is 2.12. The third-order valence-corrected chi connectivity index (χ3v) is 3.88. The highest BCUT2D eigenvalue weighted by Gasteiger charge is 2.19. The first-order valence-electron chi connectivity index (χ1n) is 7.22. The molecule has 1 amide bonds. The maximum atomic E-state index is 12.2. The van der Waals surface area contributed by atoms with Gasteiger partial charge in [-0.1, -0.05) is 35.4 Å². The molecule has 23 heavy (non-hydrogen) atoms. The third-order valence-electron chi connectivity index (χ3n) is 3.47. The number of nitrogens with one attached hydrogen (secondary N) is 1. The maximum absolute atomic E-state index is 12.2. The molecule has 0 saturated carbocycles. The van der Waals surface area contributed by atoms with Crippen LogP contribution in [0.4, 0.5) is 5.69 Å². The second-order valence-corrected chi connectivity index (χ2v) is 5.72. The van der Waals surface area contributed by atoms with E-state index < -0.39 is 18.0 Å². The number of halogens is 1. The van der Waals surface area contributed by atoms with Crippen LogP contribution in [0.5, 0.6) is 0 Å². The summed E-state index contributed by atoms with van der Waals surface area (Å²) in [4.78, 5) is 24.2. The number of esters is 1. The zero-order valence-corrected chi connectivity index (χ0v) is 14.0. The van der Waals surface area contributed by atoms with Gasteiger partial charge in [0.1, 0.15) is 0 Å². The van der Waals surface area contributed by atoms with Crippen molar-refractivity contribution in [2.75, 3.05) is 5.32 Å². The molecular formula is C18H18ClNO3. The molecule has 0 fully saturated rings. The van der Waals surface area contributed by atoms with Gasteiger partial charge in [0.25, 0.3) is 5.91 Å². The first-order valence-corrected chi connectivity index (χ1v) is 7.60. The minimum Gasteiger partial charge on any atom is -0.449 e. The maximum Gasteiger partial charge on any atom is 0.338 e. The Bertz CT molecular complexity index is 726. The Morgan fingerprint density at radius 2 is 1.74 bits per heavy atom. The van der Waals surface area contributed by atoms with Crippen LogP contribution < -0.4 is 5.32 Å². The summed E-state index contributed by atoms with van der Waals surface area (Å²) in [5.74, 6) is -0.939. The Hall–Kier alpha value is -2.33. The standard InChI is InChI=1S/C18H18ClNO3/c1-11-7-9-14(10-8-11)18(22)23-13(3)17(21)20-16-6-4-5-15(19)12(16)2/h4-10,13H,1-3H3,(H,20,21)/t13-/m0/s1. The lowest BCUT2D eigenvalue weighted by molar-refractivity contribution is -0.123. The van der Waals surface area contributed by atoms with E-state index in [0.29, 0.717) is 16.3 Å². The van der Waals surface area contributed by atoms with Crippen LogP contribution in [-0.4, -0.2) is 18.0 Å². The molecule has 0 unspecified atom stereocenters. The quantitative estimate of drug-likeness (QED) is 0.857. The number of aryl methyl sites for hydroxylation is 1. The highest BCUT2D eigenvalue weighted by Crippen LogP contribution is 2.23. The Morgan fingerprint density at radius 3 is 2.39 bits per heavy atom. The van der Waals surface area contributed by atoms with Gasteiger partial charge in [0.05, 0.1) is 5.56 Å². The molecule has 0 radical (unpaired) electrons. The lowest BCUT2D eigenvalue weighted by Gasteiger charge is -2.15. The Labute approximate surface area is 140 Å². The summed E-state index contributed by atoms with van der Waals surface area (Å²) in [6.07, 6.45) is -0.915. The molecule has 1 N–H and O–H groups in total. The third kappa shape index (κ3) is 4.33. The largest absolute Gasteiger partial charge is 0.449 e. The molecule has 2 aromatic carbocycles. The van der Waals surface area contributed by atoms with E-state index in [1.165, 1.54) is 6.92 Å². The lowest BCUT2D eigenvalue weighted by Crippen LogP contribution is -2.30. The molecule has 0 saturated heterocycles. The van der Waals surface area contributed by atoms with Gasteiger partial charge in [-0.15, -0.1) is 0 Å². The SMILES string of the molecule is Cc1ccc(C(=O)O[C@@H](C)C(=O)Nc2cccc(Cl)c2C)cc1. The van der Waals surface area contributed by atoms with E-state index in [2.05, 4.69) is 5.32 Å². The van der Waals surface area contributed by atoms with Crippen molar-refractivity contribution in [2.24, 2.45) is 0 Å². The molecule has 0 aromatic heterocycles. The molecule has 0 aliphatic heterocycles. The number of carbonyl (C=O) groups excluding carboxylic acids is 2. The molecule has 1 atom stereocenters. The van der Waals surface area contributed by atoms with Crippen LogP contribution in [0.2, 0.25) is 5.02 Å². The van der Waals surface area contributed by atoms with Crippen molar-refractivity contribution in [1.29, 1.82) is 0 Å². The van der Waals surface area contributed by atoms with Crippen LogP contribution in [0.1, 0.15) is 28.4 Å². The van der Waals surface area contributed by atoms with Crippen LogP contribution in [0.25, 0.3) is 0 Å². The first kappa shape index (κ1) is 17.0. The summed E-state index contributed by atoms with van der Waals surface area (Å²) >= 11 is 6.02. The van der Waals surface area contributed by atoms with Crippen molar-refractivity contribution in [3.8, 4) is 0 Å². The predicted molar refractivity (Wildman–Crippen MR) is 90.9 cm³/mol. The second-order valence-electron chi connectivity index (χ2n) is 5.32. The minimum atomic E-state index is -0.915. The van der Waals surface area contributed by atoms with Gasteiger partial charge in [0.15, 0.2) is 6.10 Å². The van der Waals surface area contributed by atoms with E-state index in [4.69, 9.17) is 16.3 Å². The van der Waals surface area contributed by atoms with Crippen molar-refractivity contribution in [2.45, 2.75) is 26.9 Å². The van der Waals surface area contributed by atoms with Crippen LogP contribution in [0.15, 0.2) is 42.5 Å². The molecule has 4 nitrogen and oxygen atoms in total.